The molecule has 3 aromatic rings. The molecule has 0 saturated heterocycles. The molecule has 0 bridgehead atoms. The number of azo groups is 1. The van der Waals surface area contributed by atoms with E-state index in [2.05, 4.69) is 34.4 Å². The number of nitrogens with one attached hydrogen (secondary N) is 1. The summed E-state index contributed by atoms with van der Waals surface area (Å²) in [7, 11) is 1.30. The maximum atomic E-state index is 11.8. The third-order valence-electron chi connectivity index (χ3n) is 4.08. The molecule has 8 heteroatoms. The summed E-state index contributed by atoms with van der Waals surface area (Å²) in [6, 6.07) is 11.1. The number of anilines is 1. The molecule has 0 fully saturated rings. The van der Waals surface area contributed by atoms with Crippen LogP contribution in [0.1, 0.15) is 32.6 Å². The summed E-state index contributed by atoms with van der Waals surface area (Å²) in [5, 5.41) is 11.1. The second kappa shape index (κ2) is 9.07. The Labute approximate surface area is 163 Å². The summed E-state index contributed by atoms with van der Waals surface area (Å²) in [6.45, 7) is 4.97. The van der Waals surface area contributed by atoms with Crippen LogP contribution in [0.4, 0.5) is 22.0 Å². The minimum atomic E-state index is -0.623. The normalized spacial score (nSPS) is 11.2. The molecule has 1 amide bonds. The van der Waals surface area contributed by atoms with E-state index in [1.165, 1.54) is 7.11 Å². The Hall–Kier alpha value is -3.29. The zero-order chi connectivity index (χ0) is 19.9. The Morgan fingerprint density at radius 1 is 1.21 bits per heavy atom. The SMILES string of the molecule is CCCc1oc2cc(N=Nc3ccccc3)c(NC(=O)OC)nc2[n+]1CCC. The number of ether oxygens (including phenoxy) is 1. The zero-order valence-corrected chi connectivity index (χ0v) is 16.3. The number of nitrogens with zero attached hydrogens (tertiary/aromatic N) is 4. The molecule has 2 aromatic heterocycles. The third kappa shape index (κ3) is 4.33. The quantitative estimate of drug-likeness (QED) is 0.456. The molecule has 2 heterocycles. The topological polar surface area (TPSA) is 93.0 Å². The minimum absolute atomic E-state index is 0.271. The van der Waals surface area contributed by atoms with Crippen molar-refractivity contribution in [1.29, 1.82) is 0 Å². The lowest BCUT2D eigenvalue weighted by molar-refractivity contribution is -0.685. The first-order chi connectivity index (χ1) is 13.7. The van der Waals surface area contributed by atoms with Gasteiger partial charge in [-0.2, -0.15) is 9.68 Å². The first-order valence-corrected chi connectivity index (χ1v) is 9.34. The summed E-state index contributed by atoms with van der Waals surface area (Å²) < 4.78 is 12.8. The molecule has 146 valence electrons. The predicted molar refractivity (Wildman–Crippen MR) is 105 cm³/mol. The van der Waals surface area contributed by atoms with Crippen molar-refractivity contribution in [2.45, 2.75) is 39.7 Å². The second-order valence-electron chi connectivity index (χ2n) is 6.23. The first kappa shape index (κ1) is 19.5. The molecule has 0 aliphatic carbocycles. The fourth-order valence-corrected chi connectivity index (χ4v) is 2.82. The lowest BCUT2D eigenvalue weighted by Crippen LogP contribution is -2.37. The molecule has 0 saturated carbocycles. The van der Waals surface area contributed by atoms with Gasteiger partial charge in [-0.15, -0.1) is 5.11 Å². The summed E-state index contributed by atoms with van der Waals surface area (Å²) in [6.07, 6.45) is 2.07. The molecule has 0 radical (unpaired) electrons. The monoisotopic (exact) mass is 382 g/mol. The molecule has 1 N–H and O–H groups in total. The van der Waals surface area contributed by atoms with Gasteiger partial charge in [-0.3, -0.25) is 5.32 Å². The highest BCUT2D eigenvalue weighted by Gasteiger charge is 2.26. The molecule has 3 rings (SSSR count). The Morgan fingerprint density at radius 2 is 2.00 bits per heavy atom. The van der Waals surface area contributed by atoms with Crippen molar-refractivity contribution < 1.29 is 18.5 Å². The number of hydrogen-bond donors (Lipinski definition) is 1. The maximum absolute atomic E-state index is 11.8. The summed E-state index contributed by atoms with van der Waals surface area (Å²) in [4.78, 5) is 16.4. The molecule has 1 aromatic carbocycles. The molecule has 0 spiro atoms. The van der Waals surface area contributed by atoms with Gasteiger partial charge in [0.25, 0.3) is 11.7 Å². The van der Waals surface area contributed by atoms with Gasteiger partial charge in [0.05, 0.1) is 19.3 Å². The van der Waals surface area contributed by atoms with Gasteiger partial charge in [0.2, 0.25) is 5.58 Å². The Morgan fingerprint density at radius 3 is 2.68 bits per heavy atom. The van der Waals surface area contributed by atoms with Crippen LogP contribution in [-0.2, 0) is 17.7 Å². The van der Waals surface area contributed by atoms with Gasteiger partial charge in [0.1, 0.15) is 0 Å². The number of hydrogen-bond acceptors (Lipinski definition) is 6. The number of carbonyl (C=O) groups excluding carboxylic acids is 1. The van der Waals surface area contributed by atoms with Crippen LogP contribution in [0.25, 0.3) is 11.2 Å². The van der Waals surface area contributed by atoms with Crippen LogP contribution < -0.4 is 9.88 Å². The van der Waals surface area contributed by atoms with E-state index >= 15 is 0 Å². The van der Waals surface area contributed by atoms with E-state index in [1.807, 2.05) is 34.9 Å². The number of pyridine rings is 1. The Bertz CT molecular complexity index is 982. The van der Waals surface area contributed by atoms with E-state index in [0.717, 1.165) is 31.7 Å². The smallest absolute Gasteiger partial charge is 0.414 e. The van der Waals surface area contributed by atoms with E-state index < -0.39 is 6.09 Å². The van der Waals surface area contributed by atoms with Gasteiger partial charge in [-0.1, -0.05) is 32.0 Å². The van der Waals surface area contributed by atoms with E-state index in [-0.39, 0.29) is 5.82 Å². The van der Waals surface area contributed by atoms with Crippen LogP contribution >= 0.6 is 0 Å². The van der Waals surface area contributed by atoms with Crippen LogP contribution in [0.3, 0.4) is 0 Å². The molecule has 0 unspecified atom stereocenters. The molecule has 8 nitrogen and oxygen atoms in total. The summed E-state index contributed by atoms with van der Waals surface area (Å²) in [5.41, 5.74) is 2.35. The van der Waals surface area contributed by atoms with E-state index in [0.29, 0.717) is 22.6 Å². The highest BCUT2D eigenvalue weighted by atomic mass is 16.5. The van der Waals surface area contributed by atoms with Crippen molar-refractivity contribution in [2.75, 3.05) is 12.4 Å². The standard InChI is InChI=1S/C20H23N5O3/c1-4-9-17-25(12-5-2)19-16(28-17)13-15(18(21-19)22-20(26)27-3)24-23-14-10-7-6-8-11-14/h6-8,10-11,13H,4-5,9,12H2,1-3H3/p+1. The Kier molecular flexibility index (Phi) is 6.31. The van der Waals surface area contributed by atoms with Gasteiger partial charge >= 0.3 is 11.7 Å². The van der Waals surface area contributed by atoms with Crippen molar-refractivity contribution in [1.82, 2.24) is 4.98 Å². The van der Waals surface area contributed by atoms with E-state index in [1.54, 1.807) is 6.07 Å². The minimum Gasteiger partial charge on any atom is -0.453 e. The first-order valence-electron chi connectivity index (χ1n) is 9.34. The number of aromatic nitrogens is 2. The number of oxazole rings is 1. The number of methoxy groups -OCH3 is 1. The fraction of sp³-hybridized carbons (Fsp3) is 0.350. The van der Waals surface area contributed by atoms with E-state index in [9.17, 15) is 4.79 Å². The number of aryl methyl sites for hydroxylation is 2. The van der Waals surface area contributed by atoms with Gasteiger partial charge < -0.3 is 9.15 Å². The lowest BCUT2D eigenvalue weighted by atomic mass is 10.3. The van der Waals surface area contributed by atoms with Crippen molar-refractivity contribution in [3.63, 3.8) is 0 Å². The molecular weight excluding hydrogens is 358 g/mol. The highest BCUT2D eigenvalue weighted by molar-refractivity contribution is 5.89. The number of carbonyl (C=O) groups is 1. The Balaban J connectivity index is 2.10. The van der Waals surface area contributed by atoms with Crippen LogP contribution in [0.2, 0.25) is 0 Å². The second-order valence-corrected chi connectivity index (χ2v) is 6.23. The van der Waals surface area contributed by atoms with Gasteiger partial charge in [0.15, 0.2) is 5.69 Å². The zero-order valence-electron chi connectivity index (χ0n) is 16.3. The molecular formula is C20H24N5O3+. The van der Waals surface area contributed by atoms with Crippen LogP contribution in [0.15, 0.2) is 51.0 Å². The van der Waals surface area contributed by atoms with Gasteiger partial charge in [-0.05, 0) is 30.0 Å². The van der Waals surface area contributed by atoms with Crippen LogP contribution in [0.5, 0.6) is 0 Å². The lowest BCUT2D eigenvalue weighted by Gasteiger charge is -2.01. The molecule has 28 heavy (non-hydrogen) atoms. The summed E-state index contributed by atoms with van der Waals surface area (Å²) in [5.74, 6) is 1.13. The van der Waals surface area contributed by atoms with Crippen LogP contribution in [0, 0.1) is 0 Å². The third-order valence-corrected chi connectivity index (χ3v) is 4.08. The highest BCUT2D eigenvalue weighted by Crippen LogP contribution is 2.29. The number of amides is 1. The van der Waals surface area contributed by atoms with Gasteiger partial charge in [-0.25, -0.2) is 4.79 Å². The molecule has 0 atom stereocenters. The van der Waals surface area contributed by atoms with Crippen LogP contribution in [-0.4, -0.2) is 18.2 Å². The number of benzene rings is 1. The average Bonchev–Trinajstić information content (AvgIpc) is 3.03. The number of rotatable bonds is 7. The maximum Gasteiger partial charge on any atom is 0.414 e. The number of fused-ring (bicyclic) bond motifs is 1. The largest absolute Gasteiger partial charge is 0.453 e. The van der Waals surface area contributed by atoms with Crippen molar-refractivity contribution in [3.8, 4) is 0 Å². The van der Waals surface area contributed by atoms with E-state index in [4.69, 9.17) is 9.15 Å². The fourth-order valence-electron chi connectivity index (χ4n) is 2.82. The van der Waals surface area contributed by atoms with Crippen molar-refractivity contribution in [2.24, 2.45) is 10.2 Å². The summed E-state index contributed by atoms with van der Waals surface area (Å²) >= 11 is 0. The predicted octanol–water partition coefficient (Wildman–Crippen LogP) is 5.07. The van der Waals surface area contributed by atoms with Gasteiger partial charge in [0, 0.05) is 12.5 Å². The molecule has 0 aliphatic heterocycles. The molecule has 0 aliphatic rings. The van der Waals surface area contributed by atoms with Crippen molar-refractivity contribution in [3.05, 3.63) is 42.3 Å². The average molecular weight is 382 g/mol. The van der Waals surface area contributed by atoms with Crippen molar-refractivity contribution >= 4 is 34.5 Å².